The van der Waals surface area contributed by atoms with Crippen molar-refractivity contribution in [3.05, 3.63) is 121 Å². The lowest BCUT2D eigenvalue weighted by atomic mass is 9.98. The van der Waals surface area contributed by atoms with Gasteiger partial charge in [-0.3, -0.25) is 0 Å². The summed E-state index contributed by atoms with van der Waals surface area (Å²) in [6, 6.07) is 23.6. The minimum Gasteiger partial charge on any atom is -0.516 e. The highest BCUT2D eigenvalue weighted by molar-refractivity contribution is 5.86. The Balaban J connectivity index is 1.76. The van der Waals surface area contributed by atoms with Crippen molar-refractivity contribution in [2.24, 2.45) is 0 Å². The Morgan fingerprint density at radius 3 is 2.33 bits per heavy atom. The zero-order chi connectivity index (χ0) is 25.9. The van der Waals surface area contributed by atoms with Crippen molar-refractivity contribution < 1.29 is 10.2 Å². The van der Waals surface area contributed by atoms with Crippen molar-refractivity contribution in [1.29, 1.82) is 0 Å². The molecule has 4 heteroatoms. The molecule has 0 heterocycles. The Kier molecular flexibility index (Phi) is 9.58. The van der Waals surface area contributed by atoms with Crippen LogP contribution in [0.2, 0.25) is 0 Å². The Labute approximate surface area is 215 Å². The number of anilines is 1. The van der Waals surface area contributed by atoms with Crippen LogP contribution in [0.3, 0.4) is 0 Å². The SMILES string of the molecule is C=C(NC(/C=C\O)=C(/C)CCCCC)c1ccc(NC(=C)c2ccccc2-c2ccccc2)c(O)c1. The summed E-state index contributed by atoms with van der Waals surface area (Å²) in [5.41, 5.74) is 7.71. The van der Waals surface area contributed by atoms with Crippen LogP contribution in [0.15, 0.2) is 110 Å². The van der Waals surface area contributed by atoms with Gasteiger partial charge < -0.3 is 20.8 Å². The van der Waals surface area contributed by atoms with E-state index in [1.54, 1.807) is 12.1 Å². The fourth-order valence-electron chi connectivity index (χ4n) is 4.05. The summed E-state index contributed by atoms with van der Waals surface area (Å²) in [7, 11) is 0. The summed E-state index contributed by atoms with van der Waals surface area (Å²) in [5.74, 6) is 0.0942. The maximum Gasteiger partial charge on any atom is 0.139 e. The Morgan fingerprint density at radius 2 is 1.64 bits per heavy atom. The van der Waals surface area contributed by atoms with Crippen LogP contribution in [-0.2, 0) is 0 Å². The fourth-order valence-corrected chi connectivity index (χ4v) is 4.05. The molecule has 36 heavy (non-hydrogen) atoms. The lowest BCUT2D eigenvalue weighted by Gasteiger charge is -2.17. The number of aliphatic hydroxyl groups is 1. The number of hydrogen-bond donors (Lipinski definition) is 4. The van der Waals surface area contributed by atoms with E-state index < -0.39 is 0 Å². The van der Waals surface area contributed by atoms with E-state index in [0.29, 0.717) is 17.1 Å². The molecule has 3 aromatic carbocycles. The molecule has 0 aliphatic carbocycles. The number of benzene rings is 3. The molecule has 4 nitrogen and oxygen atoms in total. The number of rotatable bonds is 12. The molecule has 3 aromatic rings. The third kappa shape index (κ3) is 6.92. The van der Waals surface area contributed by atoms with Crippen molar-refractivity contribution >= 4 is 17.1 Å². The van der Waals surface area contributed by atoms with Gasteiger partial charge in [0.15, 0.2) is 0 Å². The summed E-state index contributed by atoms with van der Waals surface area (Å²) in [6.07, 6.45) is 7.02. The highest BCUT2D eigenvalue weighted by Crippen LogP contribution is 2.33. The van der Waals surface area contributed by atoms with E-state index in [2.05, 4.69) is 55.8 Å². The Hall–Kier alpha value is -4.18. The third-order valence-corrected chi connectivity index (χ3v) is 6.11. The van der Waals surface area contributed by atoms with Gasteiger partial charge in [0.2, 0.25) is 0 Å². The fraction of sp³-hybridized carbons (Fsp3) is 0.188. The second kappa shape index (κ2) is 13.1. The molecule has 0 bridgehead atoms. The zero-order valence-corrected chi connectivity index (χ0v) is 21.2. The largest absolute Gasteiger partial charge is 0.516 e. The van der Waals surface area contributed by atoms with E-state index in [0.717, 1.165) is 65.5 Å². The number of allylic oxidation sites excluding steroid dienone is 2. The van der Waals surface area contributed by atoms with Crippen molar-refractivity contribution in [3.8, 4) is 16.9 Å². The zero-order valence-electron chi connectivity index (χ0n) is 21.2. The quantitative estimate of drug-likeness (QED) is 0.0906. The smallest absolute Gasteiger partial charge is 0.139 e. The number of nitrogens with one attached hydrogen (secondary N) is 2. The lowest BCUT2D eigenvalue weighted by molar-refractivity contribution is 0.472. The molecule has 0 atom stereocenters. The van der Waals surface area contributed by atoms with Gasteiger partial charge in [-0.15, -0.1) is 0 Å². The average molecular weight is 481 g/mol. The molecule has 0 aromatic heterocycles. The summed E-state index contributed by atoms with van der Waals surface area (Å²) in [4.78, 5) is 0. The number of aromatic hydroxyl groups is 1. The van der Waals surface area contributed by atoms with Gasteiger partial charge in [0.05, 0.1) is 11.9 Å². The van der Waals surface area contributed by atoms with Gasteiger partial charge in [-0.25, -0.2) is 0 Å². The van der Waals surface area contributed by atoms with E-state index in [-0.39, 0.29) is 5.75 Å². The molecule has 0 aliphatic heterocycles. The normalized spacial score (nSPS) is 11.7. The van der Waals surface area contributed by atoms with Crippen LogP contribution in [0.25, 0.3) is 22.5 Å². The van der Waals surface area contributed by atoms with Gasteiger partial charge >= 0.3 is 0 Å². The minimum absolute atomic E-state index is 0.0942. The van der Waals surface area contributed by atoms with E-state index in [4.69, 9.17) is 0 Å². The van der Waals surface area contributed by atoms with Gasteiger partial charge in [-0.2, -0.15) is 0 Å². The maximum absolute atomic E-state index is 10.8. The average Bonchev–Trinajstić information content (AvgIpc) is 2.90. The summed E-state index contributed by atoms with van der Waals surface area (Å²) >= 11 is 0. The molecule has 0 amide bonds. The number of hydrogen-bond acceptors (Lipinski definition) is 4. The van der Waals surface area contributed by atoms with Crippen LogP contribution in [0.1, 0.15) is 50.7 Å². The van der Waals surface area contributed by atoms with Gasteiger partial charge in [0.25, 0.3) is 0 Å². The van der Waals surface area contributed by atoms with E-state index in [9.17, 15) is 10.2 Å². The van der Waals surface area contributed by atoms with Gasteiger partial charge in [-0.1, -0.05) is 93.6 Å². The first-order chi connectivity index (χ1) is 17.4. The molecular formula is C32H36N2O2. The summed E-state index contributed by atoms with van der Waals surface area (Å²) in [6.45, 7) is 12.6. The first kappa shape index (κ1) is 26.4. The topological polar surface area (TPSA) is 64.5 Å². The van der Waals surface area contributed by atoms with Gasteiger partial charge in [0, 0.05) is 28.2 Å². The second-order valence-electron chi connectivity index (χ2n) is 8.82. The Morgan fingerprint density at radius 1 is 0.917 bits per heavy atom. The van der Waals surface area contributed by atoms with E-state index in [1.807, 2.05) is 48.5 Å². The molecule has 0 fully saturated rings. The molecular weight excluding hydrogens is 444 g/mol. The maximum atomic E-state index is 10.8. The molecule has 0 saturated heterocycles. The van der Waals surface area contributed by atoms with E-state index in [1.165, 1.54) is 0 Å². The molecule has 0 spiro atoms. The van der Waals surface area contributed by atoms with Crippen LogP contribution in [0.5, 0.6) is 5.75 Å². The molecule has 0 saturated carbocycles. The molecule has 0 radical (unpaired) electrons. The minimum atomic E-state index is 0.0942. The first-order valence-corrected chi connectivity index (χ1v) is 12.3. The molecule has 186 valence electrons. The predicted octanol–water partition coefficient (Wildman–Crippen LogP) is 8.63. The highest BCUT2D eigenvalue weighted by atomic mass is 16.3. The summed E-state index contributed by atoms with van der Waals surface area (Å²) < 4.78 is 0. The first-order valence-electron chi connectivity index (χ1n) is 12.3. The lowest BCUT2D eigenvalue weighted by Crippen LogP contribution is -2.12. The number of unbranched alkanes of at least 4 members (excludes halogenated alkanes) is 2. The summed E-state index contributed by atoms with van der Waals surface area (Å²) in [5, 5.41) is 26.7. The predicted molar refractivity (Wildman–Crippen MR) is 153 cm³/mol. The van der Waals surface area contributed by atoms with Crippen LogP contribution < -0.4 is 10.6 Å². The molecule has 4 N–H and O–H groups in total. The molecule has 0 aliphatic rings. The second-order valence-corrected chi connectivity index (χ2v) is 8.82. The van der Waals surface area contributed by atoms with E-state index >= 15 is 0 Å². The third-order valence-electron chi connectivity index (χ3n) is 6.11. The van der Waals surface area contributed by atoms with Crippen molar-refractivity contribution in [2.75, 3.05) is 5.32 Å². The monoisotopic (exact) mass is 480 g/mol. The Bertz CT molecular complexity index is 1260. The van der Waals surface area contributed by atoms with Gasteiger partial charge in [-0.05, 0) is 54.7 Å². The number of phenols is 1. The number of phenolic OH excluding ortho intramolecular Hbond substituents is 1. The van der Waals surface area contributed by atoms with Crippen molar-refractivity contribution in [1.82, 2.24) is 5.32 Å². The molecule has 0 unspecified atom stereocenters. The van der Waals surface area contributed by atoms with Crippen molar-refractivity contribution in [2.45, 2.75) is 39.5 Å². The van der Waals surface area contributed by atoms with Crippen LogP contribution in [-0.4, -0.2) is 10.2 Å². The highest BCUT2D eigenvalue weighted by Gasteiger charge is 2.11. The molecule has 3 rings (SSSR count). The van der Waals surface area contributed by atoms with Gasteiger partial charge in [0.1, 0.15) is 5.75 Å². The van der Waals surface area contributed by atoms with Crippen LogP contribution in [0.4, 0.5) is 5.69 Å². The van der Waals surface area contributed by atoms with Crippen molar-refractivity contribution in [3.63, 3.8) is 0 Å². The standard InChI is InChI=1S/C32H36N2O2/c1-5-6-8-13-23(2)30(20-21-35)33-24(3)27-18-19-31(32(36)22-27)34-25(4)28-16-11-12-17-29(28)26-14-9-7-10-15-26/h7,9-12,14-22,33-36H,3-6,8,13H2,1-2H3/b21-20-,30-23-. The number of aliphatic hydroxyl groups excluding tert-OH is 1. The van der Waals surface area contributed by atoms with Crippen LogP contribution in [0, 0.1) is 0 Å². The van der Waals surface area contributed by atoms with Crippen LogP contribution >= 0.6 is 0 Å².